The first-order chi connectivity index (χ1) is 7.01. The topological polar surface area (TPSA) is 52.6 Å². The lowest BCUT2D eigenvalue weighted by Gasteiger charge is -2.25. The molecule has 4 nitrogen and oxygen atoms in total. The highest BCUT2D eigenvalue weighted by atomic mass is 16.3. The minimum atomic E-state index is 0.0338. The number of carbonyl (C=O) groups excluding carboxylic acids is 1. The van der Waals surface area contributed by atoms with Crippen LogP contribution in [-0.2, 0) is 4.79 Å². The molecule has 0 radical (unpaired) electrons. The van der Waals surface area contributed by atoms with Crippen LogP contribution in [0.15, 0.2) is 0 Å². The number of rotatable bonds is 7. The van der Waals surface area contributed by atoms with Crippen LogP contribution in [0.4, 0.5) is 0 Å². The van der Waals surface area contributed by atoms with Crippen molar-refractivity contribution in [2.75, 3.05) is 19.7 Å². The van der Waals surface area contributed by atoms with Gasteiger partial charge in [-0.15, -0.1) is 0 Å². The standard InChI is InChI=1S/C11H24N2O2/c1-5-10(4)12-11(15)8-13(6-7-14)9(2)3/h9-10,14H,5-8H2,1-4H3,(H,12,15). The second-order valence-electron chi connectivity index (χ2n) is 4.16. The quantitative estimate of drug-likeness (QED) is 0.655. The highest BCUT2D eigenvalue weighted by Crippen LogP contribution is 1.97. The summed E-state index contributed by atoms with van der Waals surface area (Å²) in [6, 6.07) is 0.500. The van der Waals surface area contributed by atoms with Crippen molar-refractivity contribution >= 4 is 5.91 Å². The van der Waals surface area contributed by atoms with Crippen molar-refractivity contribution < 1.29 is 9.90 Å². The highest BCUT2D eigenvalue weighted by molar-refractivity contribution is 5.78. The van der Waals surface area contributed by atoms with Crippen molar-refractivity contribution in [1.29, 1.82) is 0 Å². The van der Waals surface area contributed by atoms with Gasteiger partial charge in [0.1, 0.15) is 0 Å². The van der Waals surface area contributed by atoms with Gasteiger partial charge in [-0.3, -0.25) is 9.69 Å². The Morgan fingerprint density at radius 3 is 2.40 bits per heavy atom. The van der Waals surface area contributed by atoms with E-state index in [-0.39, 0.29) is 24.6 Å². The molecule has 15 heavy (non-hydrogen) atoms. The van der Waals surface area contributed by atoms with Crippen LogP contribution in [0.1, 0.15) is 34.1 Å². The normalized spacial score (nSPS) is 13.3. The van der Waals surface area contributed by atoms with Crippen LogP contribution < -0.4 is 5.32 Å². The van der Waals surface area contributed by atoms with Crippen molar-refractivity contribution in [1.82, 2.24) is 10.2 Å². The lowest BCUT2D eigenvalue weighted by Crippen LogP contribution is -2.44. The Hall–Kier alpha value is -0.610. The van der Waals surface area contributed by atoms with Crippen LogP contribution >= 0.6 is 0 Å². The van der Waals surface area contributed by atoms with Crippen LogP contribution in [0.5, 0.6) is 0 Å². The van der Waals surface area contributed by atoms with E-state index in [1.165, 1.54) is 0 Å². The van der Waals surface area contributed by atoms with Gasteiger partial charge < -0.3 is 10.4 Å². The Labute approximate surface area is 92.7 Å². The Morgan fingerprint density at radius 2 is 2.00 bits per heavy atom. The molecule has 0 aliphatic rings. The molecule has 90 valence electrons. The maximum Gasteiger partial charge on any atom is 0.234 e. The predicted molar refractivity (Wildman–Crippen MR) is 61.7 cm³/mol. The second-order valence-corrected chi connectivity index (χ2v) is 4.16. The van der Waals surface area contributed by atoms with Gasteiger partial charge in [-0.1, -0.05) is 6.92 Å². The maximum absolute atomic E-state index is 11.6. The molecule has 2 N–H and O–H groups in total. The Bertz CT molecular complexity index is 183. The van der Waals surface area contributed by atoms with Gasteiger partial charge in [0.2, 0.25) is 5.91 Å². The van der Waals surface area contributed by atoms with E-state index in [4.69, 9.17) is 5.11 Å². The van der Waals surface area contributed by atoms with Crippen molar-refractivity contribution in [3.05, 3.63) is 0 Å². The van der Waals surface area contributed by atoms with Gasteiger partial charge in [-0.2, -0.15) is 0 Å². The molecule has 0 saturated heterocycles. The summed E-state index contributed by atoms with van der Waals surface area (Å²) in [5.41, 5.74) is 0. The molecule has 0 fully saturated rings. The first-order valence-electron chi connectivity index (χ1n) is 5.65. The smallest absolute Gasteiger partial charge is 0.234 e. The van der Waals surface area contributed by atoms with Crippen LogP contribution in [0.25, 0.3) is 0 Å². The number of aliphatic hydroxyl groups is 1. The van der Waals surface area contributed by atoms with E-state index in [0.717, 1.165) is 6.42 Å². The molecule has 0 saturated carbocycles. The van der Waals surface area contributed by atoms with E-state index in [0.29, 0.717) is 13.1 Å². The molecule has 1 atom stereocenters. The van der Waals surface area contributed by atoms with Gasteiger partial charge in [0.15, 0.2) is 0 Å². The molecule has 0 spiro atoms. The minimum absolute atomic E-state index is 0.0338. The lowest BCUT2D eigenvalue weighted by molar-refractivity contribution is -0.123. The fraction of sp³-hybridized carbons (Fsp3) is 0.909. The van der Waals surface area contributed by atoms with Crippen molar-refractivity contribution in [2.24, 2.45) is 0 Å². The molecule has 1 unspecified atom stereocenters. The summed E-state index contributed by atoms with van der Waals surface area (Å²) in [4.78, 5) is 13.5. The molecule has 0 aliphatic carbocycles. The molecule has 4 heteroatoms. The molecule has 0 aromatic carbocycles. The van der Waals surface area contributed by atoms with Crippen LogP contribution in [0, 0.1) is 0 Å². The molecule has 0 aromatic rings. The molecule has 0 heterocycles. The fourth-order valence-corrected chi connectivity index (χ4v) is 1.26. The van der Waals surface area contributed by atoms with Gasteiger partial charge in [-0.05, 0) is 27.2 Å². The number of amides is 1. The number of hydrogen-bond donors (Lipinski definition) is 2. The largest absolute Gasteiger partial charge is 0.395 e. The zero-order valence-electron chi connectivity index (χ0n) is 10.3. The Kier molecular flexibility index (Phi) is 7.34. The molecular formula is C11H24N2O2. The van der Waals surface area contributed by atoms with Crippen molar-refractivity contribution in [2.45, 2.75) is 46.2 Å². The monoisotopic (exact) mass is 216 g/mol. The number of aliphatic hydroxyl groups excluding tert-OH is 1. The molecular weight excluding hydrogens is 192 g/mol. The van der Waals surface area contributed by atoms with Gasteiger partial charge in [0.05, 0.1) is 13.2 Å². The Balaban J connectivity index is 3.99. The average molecular weight is 216 g/mol. The second kappa shape index (κ2) is 7.65. The van der Waals surface area contributed by atoms with Gasteiger partial charge in [0.25, 0.3) is 0 Å². The third kappa shape index (κ3) is 6.47. The summed E-state index contributed by atoms with van der Waals surface area (Å²) >= 11 is 0. The summed E-state index contributed by atoms with van der Waals surface area (Å²) < 4.78 is 0. The van der Waals surface area contributed by atoms with E-state index >= 15 is 0 Å². The predicted octanol–water partition coefficient (Wildman–Crippen LogP) is 0.604. The maximum atomic E-state index is 11.6. The van der Waals surface area contributed by atoms with Crippen molar-refractivity contribution in [3.63, 3.8) is 0 Å². The SMILES string of the molecule is CCC(C)NC(=O)CN(CCO)C(C)C. The third-order valence-corrected chi connectivity index (χ3v) is 2.48. The van der Waals surface area contributed by atoms with Crippen molar-refractivity contribution in [3.8, 4) is 0 Å². The first kappa shape index (κ1) is 14.4. The van der Waals surface area contributed by atoms with Gasteiger partial charge in [0, 0.05) is 18.6 Å². The molecule has 0 aromatic heterocycles. The van der Waals surface area contributed by atoms with E-state index in [9.17, 15) is 4.79 Å². The molecule has 0 bridgehead atoms. The van der Waals surface area contributed by atoms with Crippen LogP contribution in [0.2, 0.25) is 0 Å². The summed E-state index contributed by atoms with van der Waals surface area (Å²) in [6.45, 7) is 9.07. The summed E-state index contributed by atoms with van der Waals surface area (Å²) in [5.74, 6) is 0.0338. The summed E-state index contributed by atoms with van der Waals surface area (Å²) in [5, 5.41) is 11.8. The van der Waals surface area contributed by atoms with Gasteiger partial charge in [-0.25, -0.2) is 0 Å². The van der Waals surface area contributed by atoms with Gasteiger partial charge >= 0.3 is 0 Å². The van der Waals surface area contributed by atoms with E-state index in [2.05, 4.69) is 5.32 Å². The highest BCUT2D eigenvalue weighted by Gasteiger charge is 2.14. The molecule has 1 amide bonds. The molecule has 0 aliphatic heterocycles. The number of nitrogens with one attached hydrogen (secondary N) is 1. The lowest BCUT2D eigenvalue weighted by atomic mass is 10.2. The zero-order chi connectivity index (χ0) is 11.8. The number of nitrogens with zero attached hydrogens (tertiary/aromatic N) is 1. The van der Waals surface area contributed by atoms with E-state index < -0.39 is 0 Å². The summed E-state index contributed by atoms with van der Waals surface area (Å²) in [7, 11) is 0. The third-order valence-electron chi connectivity index (χ3n) is 2.48. The van der Waals surface area contributed by atoms with Crippen LogP contribution in [-0.4, -0.2) is 47.7 Å². The fourth-order valence-electron chi connectivity index (χ4n) is 1.26. The number of carbonyl (C=O) groups is 1. The first-order valence-corrected chi connectivity index (χ1v) is 5.65. The summed E-state index contributed by atoms with van der Waals surface area (Å²) in [6.07, 6.45) is 0.938. The minimum Gasteiger partial charge on any atom is -0.395 e. The van der Waals surface area contributed by atoms with E-state index in [1.807, 2.05) is 32.6 Å². The van der Waals surface area contributed by atoms with E-state index in [1.54, 1.807) is 0 Å². The Morgan fingerprint density at radius 1 is 1.40 bits per heavy atom. The molecule has 0 rings (SSSR count). The number of hydrogen-bond acceptors (Lipinski definition) is 3. The van der Waals surface area contributed by atoms with Crippen LogP contribution in [0.3, 0.4) is 0 Å². The zero-order valence-corrected chi connectivity index (χ0v) is 10.3. The average Bonchev–Trinajstić information content (AvgIpc) is 2.16.